The molecule has 2 rings (SSSR count). The molecule has 0 aliphatic carbocycles. The second-order valence-electron chi connectivity index (χ2n) is 4.29. The minimum Gasteiger partial charge on any atom is -0.271 e. The number of rotatable bonds is 4. The summed E-state index contributed by atoms with van der Waals surface area (Å²) in [6.45, 7) is 1.99. The summed E-state index contributed by atoms with van der Waals surface area (Å²) < 4.78 is 0. The Morgan fingerprint density at radius 2 is 2.22 bits per heavy atom. The Bertz CT molecular complexity index is 514. The highest BCUT2D eigenvalue weighted by atomic mass is 35.5. The number of nitrogens with zero attached hydrogens (tertiary/aromatic N) is 1. The van der Waals surface area contributed by atoms with Gasteiger partial charge in [-0.15, -0.1) is 0 Å². The van der Waals surface area contributed by atoms with Gasteiger partial charge in [0.15, 0.2) is 0 Å². The van der Waals surface area contributed by atoms with Gasteiger partial charge in [0.2, 0.25) is 0 Å². The molecule has 4 heteroatoms. The largest absolute Gasteiger partial charge is 0.271 e. The molecule has 1 atom stereocenters. The van der Waals surface area contributed by atoms with E-state index < -0.39 is 0 Å². The van der Waals surface area contributed by atoms with Crippen LogP contribution in [-0.2, 0) is 6.42 Å². The van der Waals surface area contributed by atoms with E-state index in [0.29, 0.717) is 0 Å². The smallest absolute Gasteiger partial charge is 0.0500 e. The Morgan fingerprint density at radius 1 is 1.39 bits per heavy atom. The van der Waals surface area contributed by atoms with Gasteiger partial charge >= 0.3 is 0 Å². The van der Waals surface area contributed by atoms with Crippen LogP contribution in [0.5, 0.6) is 0 Å². The lowest BCUT2D eigenvalue weighted by molar-refractivity contribution is 0.551. The van der Waals surface area contributed by atoms with Crippen molar-refractivity contribution in [2.75, 3.05) is 0 Å². The molecule has 18 heavy (non-hydrogen) atoms. The molecule has 0 saturated heterocycles. The first-order valence-corrected chi connectivity index (χ1v) is 6.19. The maximum Gasteiger partial charge on any atom is 0.0500 e. The molecular weight excluding hydrogens is 246 g/mol. The second kappa shape index (κ2) is 5.96. The molecule has 94 valence electrons. The van der Waals surface area contributed by atoms with Crippen LogP contribution < -0.4 is 11.3 Å². The number of nitrogens with one attached hydrogen (secondary N) is 1. The Balaban J connectivity index is 2.20. The first kappa shape index (κ1) is 13.0. The van der Waals surface area contributed by atoms with Crippen LogP contribution in [0.2, 0.25) is 5.02 Å². The number of aromatic nitrogens is 1. The van der Waals surface area contributed by atoms with Crippen molar-refractivity contribution in [3.8, 4) is 0 Å². The molecule has 0 amide bonds. The van der Waals surface area contributed by atoms with E-state index >= 15 is 0 Å². The fraction of sp³-hybridized carbons (Fsp3) is 0.214. The zero-order chi connectivity index (χ0) is 13.0. The van der Waals surface area contributed by atoms with Gasteiger partial charge in [-0.3, -0.25) is 16.3 Å². The molecule has 3 nitrogen and oxygen atoms in total. The first-order valence-electron chi connectivity index (χ1n) is 5.82. The normalized spacial score (nSPS) is 12.4. The monoisotopic (exact) mass is 261 g/mol. The highest BCUT2D eigenvalue weighted by Gasteiger charge is 2.11. The number of aryl methyl sites for hydroxylation is 1. The van der Waals surface area contributed by atoms with Crippen LogP contribution in [0.15, 0.2) is 42.7 Å². The second-order valence-corrected chi connectivity index (χ2v) is 4.70. The fourth-order valence-electron chi connectivity index (χ4n) is 1.91. The molecular formula is C14H16ClN3. The molecule has 0 radical (unpaired) electrons. The molecule has 1 unspecified atom stereocenters. The maximum absolute atomic E-state index is 6.03. The van der Waals surface area contributed by atoms with Crippen LogP contribution in [0, 0.1) is 6.92 Å². The molecule has 0 aliphatic rings. The van der Waals surface area contributed by atoms with Crippen LogP contribution in [0.25, 0.3) is 0 Å². The zero-order valence-electron chi connectivity index (χ0n) is 10.2. The van der Waals surface area contributed by atoms with Gasteiger partial charge in [-0.2, -0.15) is 0 Å². The molecule has 0 spiro atoms. The van der Waals surface area contributed by atoms with E-state index in [1.54, 1.807) is 6.20 Å². The molecule has 1 heterocycles. The quantitative estimate of drug-likeness (QED) is 0.657. The van der Waals surface area contributed by atoms with E-state index in [0.717, 1.165) is 28.1 Å². The molecule has 0 aliphatic heterocycles. The number of benzene rings is 1. The summed E-state index contributed by atoms with van der Waals surface area (Å²) in [6.07, 6.45) is 4.42. The van der Waals surface area contributed by atoms with Gasteiger partial charge in [0, 0.05) is 17.4 Å². The first-order chi connectivity index (χ1) is 8.70. The number of hydrazine groups is 1. The van der Waals surface area contributed by atoms with Crippen LogP contribution in [0.3, 0.4) is 0 Å². The van der Waals surface area contributed by atoms with E-state index in [1.165, 1.54) is 0 Å². The third kappa shape index (κ3) is 3.07. The van der Waals surface area contributed by atoms with Crippen LogP contribution >= 0.6 is 11.6 Å². The SMILES string of the molecule is Cc1cc(C(Cc2cccnc2)NN)ccc1Cl. The summed E-state index contributed by atoms with van der Waals surface area (Å²) in [6, 6.07) is 9.99. The molecule has 0 saturated carbocycles. The number of hydrogen-bond acceptors (Lipinski definition) is 3. The van der Waals surface area contributed by atoms with E-state index in [1.807, 2.05) is 37.4 Å². The van der Waals surface area contributed by atoms with Crippen molar-refractivity contribution < 1.29 is 0 Å². The standard InChI is InChI=1S/C14H16ClN3/c1-10-7-12(4-5-13(10)15)14(18-16)8-11-3-2-6-17-9-11/h2-7,9,14,18H,8,16H2,1H3. The highest BCUT2D eigenvalue weighted by molar-refractivity contribution is 6.31. The van der Waals surface area contributed by atoms with E-state index in [4.69, 9.17) is 17.4 Å². The van der Waals surface area contributed by atoms with E-state index in [9.17, 15) is 0 Å². The number of nitrogens with two attached hydrogens (primary N) is 1. The maximum atomic E-state index is 6.03. The average molecular weight is 262 g/mol. The minimum absolute atomic E-state index is 0.0603. The Kier molecular flexibility index (Phi) is 4.31. The lowest BCUT2D eigenvalue weighted by Gasteiger charge is -2.17. The molecule has 1 aromatic heterocycles. The third-order valence-corrected chi connectivity index (χ3v) is 3.37. The van der Waals surface area contributed by atoms with Gasteiger partial charge in [-0.25, -0.2) is 0 Å². The molecule has 3 N–H and O–H groups in total. The van der Waals surface area contributed by atoms with Crippen molar-refractivity contribution in [2.24, 2.45) is 5.84 Å². The minimum atomic E-state index is 0.0603. The van der Waals surface area contributed by atoms with Gasteiger partial charge < -0.3 is 0 Å². The topological polar surface area (TPSA) is 50.9 Å². The van der Waals surface area contributed by atoms with Crippen molar-refractivity contribution in [1.82, 2.24) is 10.4 Å². The van der Waals surface area contributed by atoms with Gasteiger partial charge in [-0.1, -0.05) is 29.8 Å². The van der Waals surface area contributed by atoms with Crippen molar-refractivity contribution >= 4 is 11.6 Å². The summed E-state index contributed by atoms with van der Waals surface area (Å²) >= 11 is 6.03. The van der Waals surface area contributed by atoms with Crippen LogP contribution in [0.4, 0.5) is 0 Å². The van der Waals surface area contributed by atoms with Gasteiger partial charge in [0.25, 0.3) is 0 Å². The average Bonchev–Trinajstić information content (AvgIpc) is 2.40. The van der Waals surface area contributed by atoms with Gasteiger partial charge in [0.1, 0.15) is 0 Å². The van der Waals surface area contributed by atoms with Crippen molar-refractivity contribution in [1.29, 1.82) is 0 Å². The summed E-state index contributed by atoms with van der Waals surface area (Å²) in [5.41, 5.74) is 6.17. The third-order valence-electron chi connectivity index (χ3n) is 2.95. The summed E-state index contributed by atoms with van der Waals surface area (Å²) in [7, 11) is 0. The molecule has 1 aromatic carbocycles. The Hall–Kier alpha value is -1.42. The van der Waals surface area contributed by atoms with E-state index in [2.05, 4.69) is 16.5 Å². The molecule has 2 aromatic rings. The molecule has 0 fully saturated rings. The van der Waals surface area contributed by atoms with Crippen molar-refractivity contribution in [3.05, 3.63) is 64.4 Å². The highest BCUT2D eigenvalue weighted by Crippen LogP contribution is 2.22. The Morgan fingerprint density at radius 3 is 2.83 bits per heavy atom. The summed E-state index contributed by atoms with van der Waals surface area (Å²) in [5.74, 6) is 5.64. The fourth-order valence-corrected chi connectivity index (χ4v) is 2.03. The van der Waals surface area contributed by atoms with Crippen LogP contribution in [0.1, 0.15) is 22.7 Å². The summed E-state index contributed by atoms with van der Waals surface area (Å²) in [4.78, 5) is 4.11. The lowest BCUT2D eigenvalue weighted by Crippen LogP contribution is -2.29. The predicted octanol–water partition coefficient (Wildman–Crippen LogP) is 2.79. The Labute approximate surface area is 112 Å². The molecule has 0 bridgehead atoms. The lowest BCUT2D eigenvalue weighted by atomic mass is 9.99. The number of pyridine rings is 1. The van der Waals surface area contributed by atoms with Crippen molar-refractivity contribution in [3.63, 3.8) is 0 Å². The van der Waals surface area contributed by atoms with Gasteiger partial charge in [-0.05, 0) is 42.2 Å². The zero-order valence-corrected chi connectivity index (χ0v) is 11.0. The van der Waals surface area contributed by atoms with Gasteiger partial charge in [0.05, 0.1) is 6.04 Å². The van der Waals surface area contributed by atoms with E-state index in [-0.39, 0.29) is 6.04 Å². The number of halogens is 1. The van der Waals surface area contributed by atoms with Crippen molar-refractivity contribution in [2.45, 2.75) is 19.4 Å². The number of hydrogen-bond donors (Lipinski definition) is 2. The van der Waals surface area contributed by atoms with Crippen LogP contribution in [-0.4, -0.2) is 4.98 Å². The summed E-state index contributed by atoms with van der Waals surface area (Å²) in [5, 5.41) is 0.774. The predicted molar refractivity (Wildman–Crippen MR) is 74.2 cm³/mol.